The summed E-state index contributed by atoms with van der Waals surface area (Å²) in [4.78, 5) is 0. The Kier molecular flexibility index (Phi) is 5.40. The minimum absolute atomic E-state index is 0.276. The summed E-state index contributed by atoms with van der Waals surface area (Å²) in [6.07, 6.45) is 5.79. The molecule has 0 amide bonds. The van der Waals surface area contributed by atoms with E-state index < -0.39 is 0 Å². The number of ether oxygens (including phenoxy) is 2. The normalized spacial score (nSPS) is 23.8. The first-order valence-corrected chi connectivity index (χ1v) is 7.94. The molecule has 1 aliphatic carbocycles. The molecule has 2 nitrogen and oxygen atoms in total. The third kappa shape index (κ3) is 3.38. The molecule has 1 aromatic rings. The lowest BCUT2D eigenvalue weighted by atomic mass is 9.91. The van der Waals surface area contributed by atoms with Gasteiger partial charge in [0.25, 0.3) is 0 Å². The summed E-state index contributed by atoms with van der Waals surface area (Å²) in [5, 5.41) is 0.276. The molecule has 1 saturated carbocycles. The molecule has 1 aliphatic rings. The average molecular weight is 348 g/mol. The fourth-order valence-electron chi connectivity index (χ4n) is 2.82. The second-order valence-electron chi connectivity index (χ2n) is 5.02. The van der Waals surface area contributed by atoms with Crippen molar-refractivity contribution in [3.05, 3.63) is 22.2 Å². The molecule has 0 spiro atoms. The number of rotatable bonds is 3. The third-order valence-corrected chi connectivity index (χ3v) is 4.96. The molecule has 0 radical (unpaired) electrons. The second kappa shape index (κ2) is 6.85. The van der Waals surface area contributed by atoms with E-state index in [0.29, 0.717) is 5.92 Å². The van der Waals surface area contributed by atoms with E-state index in [-0.39, 0.29) is 5.38 Å². The second-order valence-corrected chi connectivity index (χ2v) is 6.43. The Bertz CT molecular complexity index is 436. The molecule has 0 saturated heterocycles. The van der Waals surface area contributed by atoms with Gasteiger partial charge in [-0.05, 0) is 52.7 Å². The largest absolute Gasteiger partial charge is 0.495 e. The number of hydrogen-bond acceptors (Lipinski definition) is 2. The molecule has 19 heavy (non-hydrogen) atoms. The molecule has 0 N–H and O–H groups in total. The minimum Gasteiger partial charge on any atom is -0.495 e. The standard InChI is InChI=1S/C15H20BrClO2/c1-18-13-8-7-12(15(19-2)14(13)16)10-5-3-4-6-11(17)9-10/h7-8,10-11H,3-6,9H2,1-2H3. The van der Waals surface area contributed by atoms with E-state index in [0.717, 1.165) is 28.8 Å². The summed E-state index contributed by atoms with van der Waals surface area (Å²) in [6.45, 7) is 0. The number of hydrogen-bond donors (Lipinski definition) is 0. The number of benzene rings is 1. The van der Waals surface area contributed by atoms with Crippen LogP contribution in [0.5, 0.6) is 11.5 Å². The fourth-order valence-corrected chi connectivity index (χ4v) is 3.88. The first-order valence-electron chi connectivity index (χ1n) is 6.71. The zero-order valence-electron chi connectivity index (χ0n) is 11.4. The van der Waals surface area contributed by atoms with E-state index in [1.807, 2.05) is 6.07 Å². The highest BCUT2D eigenvalue weighted by molar-refractivity contribution is 9.10. The van der Waals surface area contributed by atoms with Gasteiger partial charge < -0.3 is 9.47 Å². The molecule has 1 aromatic carbocycles. The van der Waals surface area contributed by atoms with Crippen molar-refractivity contribution in [2.24, 2.45) is 0 Å². The van der Waals surface area contributed by atoms with E-state index in [1.54, 1.807) is 14.2 Å². The van der Waals surface area contributed by atoms with Gasteiger partial charge in [0.15, 0.2) is 0 Å². The Hall–Kier alpha value is -0.410. The van der Waals surface area contributed by atoms with Crippen molar-refractivity contribution < 1.29 is 9.47 Å². The molecule has 0 aromatic heterocycles. The van der Waals surface area contributed by atoms with E-state index in [2.05, 4.69) is 22.0 Å². The van der Waals surface area contributed by atoms with Gasteiger partial charge in [0.1, 0.15) is 16.0 Å². The van der Waals surface area contributed by atoms with Gasteiger partial charge in [0.2, 0.25) is 0 Å². The van der Waals surface area contributed by atoms with E-state index in [1.165, 1.54) is 24.8 Å². The lowest BCUT2D eigenvalue weighted by Gasteiger charge is -2.21. The smallest absolute Gasteiger partial charge is 0.140 e. The van der Waals surface area contributed by atoms with Crippen LogP contribution in [0.4, 0.5) is 0 Å². The maximum atomic E-state index is 6.38. The van der Waals surface area contributed by atoms with Crippen molar-refractivity contribution in [2.75, 3.05) is 14.2 Å². The molecule has 0 bridgehead atoms. The molecule has 1 fully saturated rings. The summed E-state index contributed by atoms with van der Waals surface area (Å²) in [5.74, 6) is 2.16. The van der Waals surface area contributed by atoms with Crippen molar-refractivity contribution in [1.29, 1.82) is 0 Å². The molecular weight excluding hydrogens is 328 g/mol. The van der Waals surface area contributed by atoms with Crippen molar-refractivity contribution in [3.63, 3.8) is 0 Å². The Morgan fingerprint density at radius 2 is 1.89 bits per heavy atom. The highest BCUT2D eigenvalue weighted by Gasteiger charge is 2.24. The van der Waals surface area contributed by atoms with Gasteiger partial charge in [-0.3, -0.25) is 0 Å². The molecule has 0 aliphatic heterocycles. The molecule has 106 valence electrons. The van der Waals surface area contributed by atoms with Crippen molar-refractivity contribution in [3.8, 4) is 11.5 Å². The highest BCUT2D eigenvalue weighted by Crippen LogP contribution is 2.44. The number of methoxy groups -OCH3 is 2. The third-order valence-electron chi connectivity index (χ3n) is 3.82. The first kappa shape index (κ1) is 15.0. The van der Waals surface area contributed by atoms with E-state index >= 15 is 0 Å². The van der Waals surface area contributed by atoms with Gasteiger partial charge in [-0.15, -0.1) is 11.6 Å². The lowest BCUT2D eigenvalue weighted by molar-refractivity contribution is 0.381. The zero-order valence-corrected chi connectivity index (χ0v) is 13.8. The van der Waals surface area contributed by atoms with Gasteiger partial charge >= 0.3 is 0 Å². The van der Waals surface area contributed by atoms with Gasteiger partial charge in [-0.25, -0.2) is 0 Å². The minimum atomic E-state index is 0.276. The van der Waals surface area contributed by atoms with Crippen LogP contribution in [0.15, 0.2) is 16.6 Å². The summed E-state index contributed by atoms with van der Waals surface area (Å²) < 4.78 is 11.8. The van der Waals surface area contributed by atoms with Crippen LogP contribution in [-0.4, -0.2) is 19.6 Å². The van der Waals surface area contributed by atoms with Gasteiger partial charge in [-0.2, -0.15) is 0 Å². The topological polar surface area (TPSA) is 18.5 Å². The van der Waals surface area contributed by atoms with E-state index in [4.69, 9.17) is 21.1 Å². The number of alkyl halides is 1. The zero-order chi connectivity index (χ0) is 13.8. The van der Waals surface area contributed by atoms with Crippen molar-refractivity contribution in [2.45, 2.75) is 43.4 Å². The Morgan fingerprint density at radius 1 is 1.16 bits per heavy atom. The molecule has 4 heteroatoms. The van der Waals surface area contributed by atoms with E-state index in [9.17, 15) is 0 Å². The van der Waals surface area contributed by atoms with Crippen LogP contribution in [0.1, 0.15) is 43.6 Å². The molecule has 0 heterocycles. The predicted molar refractivity (Wildman–Crippen MR) is 82.7 cm³/mol. The van der Waals surface area contributed by atoms with Crippen LogP contribution in [0.25, 0.3) is 0 Å². The SMILES string of the molecule is COc1ccc(C2CCCCC(Cl)C2)c(OC)c1Br. The molecule has 2 atom stereocenters. The average Bonchev–Trinajstić information content (AvgIpc) is 2.63. The van der Waals surface area contributed by atoms with Crippen LogP contribution >= 0.6 is 27.5 Å². The van der Waals surface area contributed by atoms with Crippen LogP contribution < -0.4 is 9.47 Å². The first-order chi connectivity index (χ1) is 9.17. The van der Waals surface area contributed by atoms with Crippen LogP contribution in [-0.2, 0) is 0 Å². The van der Waals surface area contributed by atoms with Gasteiger partial charge in [0, 0.05) is 5.38 Å². The highest BCUT2D eigenvalue weighted by atomic mass is 79.9. The molecule has 2 unspecified atom stereocenters. The van der Waals surface area contributed by atoms with Crippen molar-refractivity contribution in [1.82, 2.24) is 0 Å². The van der Waals surface area contributed by atoms with Crippen LogP contribution in [0.2, 0.25) is 0 Å². The summed E-state index contributed by atoms with van der Waals surface area (Å²) >= 11 is 9.95. The number of halogens is 2. The Balaban J connectivity index is 2.35. The quantitative estimate of drug-likeness (QED) is 0.558. The maximum absolute atomic E-state index is 6.38. The molecular formula is C15H20BrClO2. The summed E-state index contributed by atoms with van der Waals surface area (Å²) in [5.41, 5.74) is 1.24. The summed E-state index contributed by atoms with van der Waals surface area (Å²) in [6, 6.07) is 4.11. The van der Waals surface area contributed by atoms with Gasteiger partial charge in [0.05, 0.1) is 14.2 Å². The lowest BCUT2D eigenvalue weighted by Crippen LogP contribution is -2.06. The Morgan fingerprint density at radius 3 is 2.58 bits per heavy atom. The molecule has 2 rings (SSSR count). The maximum Gasteiger partial charge on any atom is 0.140 e. The monoisotopic (exact) mass is 346 g/mol. The van der Waals surface area contributed by atoms with Crippen LogP contribution in [0, 0.1) is 0 Å². The summed E-state index contributed by atoms with van der Waals surface area (Å²) in [7, 11) is 3.37. The van der Waals surface area contributed by atoms with Crippen molar-refractivity contribution >= 4 is 27.5 Å². The Labute approximate surface area is 128 Å². The van der Waals surface area contributed by atoms with Crippen LogP contribution in [0.3, 0.4) is 0 Å². The predicted octanol–water partition coefficient (Wildman–Crippen LogP) is 5.12. The van der Waals surface area contributed by atoms with Gasteiger partial charge in [-0.1, -0.05) is 18.9 Å². The fraction of sp³-hybridized carbons (Fsp3) is 0.600.